The fraction of sp³-hybridized carbons (Fsp3) is 0.167. The quantitative estimate of drug-likeness (QED) is 0.579. The fourth-order valence-corrected chi connectivity index (χ4v) is 2.64. The lowest BCUT2D eigenvalue weighted by molar-refractivity contribution is -0.178. The summed E-state index contributed by atoms with van der Waals surface area (Å²) in [7, 11) is 2.94. The number of aromatic amines is 1. The molecule has 0 radical (unpaired) electrons. The molecule has 0 saturated carbocycles. The van der Waals surface area contributed by atoms with E-state index in [-0.39, 0.29) is 5.78 Å². The Morgan fingerprint density at radius 1 is 0.955 bits per heavy atom. The number of aromatic nitrogens is 1. The predicted molar refractivity (Wildman–Crippen MR) is 84.8 cm³/mol. The Labute approximate surface area is 128 Å². The number of carbonyl (C=O) groups excluding carboxylic acids is 1. The first-order valence-electron chi connectivity index (χ1n) is 6.99. The Hall–Kier alpha value is -2.43. The van der Waals surface area contributed by atoms with Gasteiger partial charge in [-0.05, 0) is 17.5 Å². The molecule has 1 heterocycles. The lowest BCUT2D eigenvalue weighted by Crippen LogP contribution is -2.40. The van der Waals surface area contributed by atoms with E-state index >= 15 is 0 Å². The highest BCUT2D eigenvalue weighted by Gasteiger charge is 2.43. The molecule has 0 aliphatic rings. The summed E-state index contributed by atoms with van der Waals surface area (Å²) < 4.78 is 11.0. The molecule has 0 aliphatic heterocycles. The number of ketones is 1. The molecular weight excluding hydrogens is 278 g/mol. The number of fused-ring (bicyclic) bond motifs is 1. The lowest BCUT2D eigenvalue weighted by Gasteiger charge is -2.28. The smallest absolute Gasteiger partial charge is 0.276 e. The molecule has 1 N–H and O–H groups in total. The number of methoxy groups -OCH3 is 2. The summed E-state index contributed by atoms with van der Waals surface area (Å²) in [6, 6.07) is 18.7. The second-order valence-electron chi connectivity index (χ2n) is 4.99. The predicted octanol–water partition coefficient (Wildman–Crippen LogP) is 3.50. The van der Waals surface area contributed by atoms with Crippen LogP contribution in [0.1, 0.15) is 16.1 Å². The van der Waals surface area contributed by atoms with Gasteiger partial charge < -0.3 is 14.5 Å². The highest BCUT2D eigenvalue weighted by Crippen LogP contribution is 2.32. The van der Waals surface area contributed by atoms with Crippen molar-refractivity contribution < 1.29 is 14.3 Å². The minimum atomic E-state index is -1.49. The molecule has 4 nitrogen and oxygen atoms in total. The van der Waals surface area contributed by atoms with Crippen molar-refractivity contribution in [2.24, 2.45) is 0 Å². The minimum Gasteiger partial charge on any atom is -0.354 e. The molecule has 3 rings (SSSR count). The molecule has 0 unspecified atom stereocenters. The fourth-order valence-electron chi connectivity index (χ4n) is 2.64. The molecule has 2 aromatic carbocycles. The number of H-pyrrole nitrogens is 1. The van der Waals surface area contributed by atoms with E-state index in [0.717, 1.165) is 10.9 Å². The number of hydrogen-bond acceptors (Lipinski definition) is 3. The largest absolute Gasteiger partial charge is 0.354 e. The first-order chi connectivity index (χ1) is 10.7. The second kappa shape index (κ2) is 5.75. The zero-order valence-electron chi connectivity index (χ0n) is 12.5. The summed E-state index contributed by atoms with van der Waals surface area (Å²) in [6.07, 6.45) is 0. The Kier molecular flexibility index (Phi) is 3.79. The molecular formula is C18H17NO3. The molecule has 22 heavy (non-hydrogen) atoms. The third-order valence-corrected chi connectivity index (χ3v) is 3.79. The maximum absolute atomic E-state index is 12.9. The van der Waals surface area contributed by atoms with Crippen LogP contribution in [0.3, 0.4) is 0 Å². The maximum atomic E-state index is 12.9. The van der Waals surface area contributed by atoms with Gasteiger partial charge in [-0.2, -0.15) is 0 Å². The van der Waals surface area contributed by atoms with Crippen molar-refractivity contribution in [3.63, 3.8) is 0 Å². The average Bonchev–Trinajstić information content (AvgIpc) is 3.01. The second-order valence-corrected chi connectivity index (χ2v) is 4.99. The SMILES string of the molecule is COC(OC)(C(=O)c1ccccc1)c1cc2ccccc2[nH]1. The summed E-state index contributed by atoms with van der Waals surface area (Å²) in [5.41, 5.74) is 2.04. The molecule has 0 atom stereocenters. The van der Waals surface area contributed by atoms with Crippen LogP contribution in [0.15, 0.2) is 60.7 Å². The van der Waals surface area contributed by atoms with E-state index in [0.29, 0.717) is 11.3 Å². The van der Waals surface area contributed by atoms with Crippen LogP contribution in [0.25, 0.3) is 10.9 Å². The van der Waals surface area contributed by atoms with Gasteiger partial charge in [0, 0.05) is 25.3 Å². The molecule has 1 aromatic heterocycles. The highest BCUT2D eigenvalue weighted by molar-refractivity contribution is 6.02. The molecule has 0 spiro atoms. The minimum absolute atomic E-state index is 0.246. The summed E-state index contributed by atoms with van der Waals surface area (Å²) in [5, 5.41) is 0.997. The standard InChI is InChI=1S/C18H17NO3/c1-21-18(22-2,17(20)13-8-4-3-5-9-13)16-12-14-10-6-7-11-15(14)19-16/h3-12,19H,1-2H3. The Morgan fingerprint density at radius 3 is 2.23 bits per heavy atom. The number of hydrogen-bond donors (Lipinski definition) is 1. The van der Waals surface area contributed by atoms with Crippen LogP contribution in [0, 0.1) is 0 Å². The van der Waals surface area contributed by atoms with Gasteiger partial charge in [0.15, 0.2) is 0 Å². The Morgan fingerprint density at radius 2 is 1.59 bits per heavy atom. The van der Waals surface area contributed by atoms with E-state index in [1.165, 1.54) is 14.2 Å². The van der Waals surface area contributed by atoms with Gasteiger partial charge in [0.05, 0.1) is 5.69 Å². The van der Waals surface area contributed by atoms with Crippen molar-refractivity contribution in [3.05, 3.63) is 71.9 Å². The van der Waals surface area contributed by atoms with Gasteiger partial charge in [0.1, 0.15) is 0 Å². The number of nitrogens with one attached hydrogen (secondary N) is 1. The van der Waals surface area contributed by atoms with E-state index in [2.05, 4.69) is 4.98 Å². The number of benzene rings is 2. The molecule has 0 bridgehead atoms. The Balaban J connectivity index is 2.13. The summed E-state index contributed by atoms with van der Waals surface area (Å²) in [4.78, 5) is 16.2. The van der Waals surface area contributed by atoms with Crippen LogP contribution in [0.5, 0.6) is 0 Å². The third-order valence-electron chi connectivity index (χ3n) is 3.79. The molecule has 0 amide bonds. The van der Waals surface area contributed by atoms with Crippen LogP contribution in [0.4, 0.5) is 0 Å². The number of rotatable bonds is 5. The van der Waals surface area contributed by atoms with E-state index < -0.39 is 5.79 Å². The van der Waals surface area contributed by atoms with Crippen LogP contribution >= 0.6 is 0 Å². The van der Waals surface area contributed by atoms with E-state index in [9.17, 15) is 4.79 Å². The first kappa shape index (κ1) is 14.5. The number of carbonyl (C=O) groups is 1. The molecule has 3 aromatic rings. The van der Waals surface area contributed by atoms with Crippen LogP contribution < -0.4 is 0 Å². The summed E-state index contributed by atoms with van der Waals surface area (Å²) >= 11 is 0. The van der Waals surface area contributed by atoms with Crippen LogP contribution in [-0.2, 0) is 15.3 Å². The molecule has 112 valence electrons. The van der Waals surface area contributed by atoms with Gasteiger partial charge in [-0.1, -0.05) is 48.5 Å². The van der Waals surface area contributed by atoms with Gasteiger partial charge in [0.25, 0.3) is 5.79 Å². The van der Waals surface area contributed by atoms with Crippen LogP contribution in [-0.4, -0.2) is 25.0 Å². The number of para-hydroxylation sites is 1. The van der Waals surface area contributed by atoms with E-state index in [1.54, 1.807) is 12.1 Å². The van der Waals surface area contributed by atoms with Gasteiger partial charge in [-0.3, -0.25) is 4.79 Å². The summed E-state index contributed by atoms with van der Waals surface area (Å²) in [5.74, 6) is -1.73. The van der Waals surface area contributed by atoms with Crippen molar-refractivity contribution in [1.29, 1.82) is 0 Å². The molecule has 0 saturated heterocycles. The Bertz CT molecular complexity index is 755. The normalized spacial score (nSPS) is 11.7. The molecule has 0 fully saturated rings. The topological polar surface area (TPSA) is 51.3 Å². The summed E-state index contributed by atoms with van der Waals surface area (Å²) in [6.45, 7) is 0. The zero-order chi connectivity index (χ0) is 15.6. The van der Waals surface area contributed by atoms with Crippen molar-refractivity contribution in [1.82, 2.24) is 4.98 Å². The van der Waals surface area contributed by atoms with E-state index in [1.807, 2.05) is 48.5 Å². The van der Waals surface area contributed by atoms with Gasteiger partial charge in [0.2, 0.25) is 5.78 Å². The number of Topliss-reactive ketones (excluding diaryl/α,β-unsaturated/α-hetero) is 1. The van der Waals surface area contributed by atoms with Crippen molar-refractivity contribution >= 4 is 16.7 Å². The van der Waals surface area contributed by atoms with Gasteiger partial charge in [-0.15, -0.1) is 0 Å². The number of ether oxygens (including phenoxy) is 2. The maximum Gasteiger partial charge on any atom is 0.276 e. The lowest BCUT2D eigenvalue weighted by atomic mass is 10.00. The van der Waals surface area contributed by atoms with Gasteiger partial charge in [-0.25, -0.2) is 0 Å². The molecule has 4 heteroatoms. The third kappa shape index (κ3) is 2.22. The highest BCUT2D eigenvalue weighted by atomic mass is 16.7. The monoisotopic (exact) mass is 295 g/mol. The average molecular weight is 295 g/mol. The van der Waals surface area contributed by atoms with E-state index in [4.69, 9.17) is 9.47 Å². The van der Waals surface area contributed by atoms with Crippen LogP contribution in [0.2, 0.25) is 0 Å². The van der Waals surface area contributed by atoms with Crippen molar-refractivity contribution in [3.8, 4) is 0 Å². The first-order valence-corrected chi connectivity index (χ1v) is 6.99. The zero-order valence-corrected chi connectivity index (χ0v) is 12.5. The van der Waals surface area contributed by atoms with Crippen molar-refractivity contribution in [2.45, 2.75) is 5.79 Å². The van der Waals surface area contributed by atoms with Crippen molar-refractivity contribution in [2.75, 3.05) is 14.2 Å². The van der Waals surface area contributed by atoms with Gasteiger partial charge >= 0.3 is 0 Å². The molecule has 0 aliphatic carbocycles.